The van der Waals surface area contributed by atoms with Crippen LogP contribution in [0.1, 0.15) is 18.4 Å². The number of carbonyl (C=O) groups is 1. The molecule has 0 aromatic heterocycles. The van der Waals surface area contributed by atoms with E-state index in [1.807, 2.05) is 6.07 Å². The van der Waals surface area contributed by atoms with Gasteiger partial charge in [0.25, 0.3) is 0 Å². The number of nitrogens with zero attached hydrogens (tertiary/aromatic N) is 1. The summed E-state index contributed by atoms with van der Waals surface area (Å²) in [6.45, 7) is 4.49. The maximum absolute atomic E-state index is 10.8. The second kappa shape index (κ2) is 8.08. The van der Waals surface area contributed by atoms with E-state index in [9.17, 15) is 4.79 Å². The fourth-order valence-corrected chi connectivity index (χ4v) is 2.54. The summed E-state index contributed by atoms with van der Waals surface area (Å²) < 4.78 is 5.68. The summed E-state index contributed by atoms with van der Waals surface area (Å²) >= 11 is 0. The third kappa shape index (κ3) is 5.13. The standard InChI is InChI=1S/C16H23NO2/c18-14-16-7-4-9-17(13-16)10-12-19-11-8-15-5-2-1-3-6-15/h1-3,5-6,14,16H,4,7-13H2/t16-/m0/s1. The minimum atomic E-state index is 0.234. The fraction of sp³-hybridized carbons (Fsp3) is 0.562. The summed E-state index contributed by atoms with van der Waals surface area (Å²) in [6.07, 6.45) is 4.25. The number of rotatable bonds is 7. The summed E-state index contributed by atoms with van der Waals surface area (Å²) in [5, 5.41) is 0. The number of hydrogen-bond donors (Lipinski definition) is 0. The van der Waals surface area contributed by atoms with Crippen LogP contribution in [0.4, 0.5) is 0 Å². The molecule has 0 bridgehead atoms. The van der Waals surface area contributed by atoms with Crippen LogP contribution in [0.2, 0.25) is 0 Å². The molecule has 1 atom stereocenters. The molecule has 104 valence electrons. The highest BCUT2D eigenvalue weighted by Gasteiger charge is 2.18. The topological polar surface area (TPSA) is 29.5 Å². The first-order chi connectivity index (χ1) is 9.38. The van der Waals surface area contributed by atoms with Gasteiger partial charge in [0.15, 0.2) is 0 Å². The molecule has 0 aliphatic carbocycles. The Bertz CT molecular complexity index is 366. The molecule has 1 aromatic rings. The van der Waals surface area contributed by atoms with E-state index in [1.165, 1.54) is 5.56 Å². The zero-order valence-corrected chi connectivity index (χ0v) is 11.5. The predicted octanol–water partition coefficient (Wildman–Crippen LogP) is 2.16. The van der Waals surface area contributed by atoms with Gasteiger partial charge < -0.3 is 14.4 Å². The van der Waals surface area contributed by atoms with Gasteiger partial charge in [-0.15, -0.1) is 0 Å². The molecular formula is C16H23NO2. The maximum Gasteiger partial charge on any atom is 0.124 e. The van der Waals surface area contributed by atoms with E-state index in [0.29, 0.717) is 0 Å². The molecule has 1 heterocycles. The number of aldehydes is 1. The first kappa shape index (κ1) is 14.2. The molecule has 1 aromatic carbocycles. The zero-order valence-electron chi connectivity index (χ0n) is 11.5. The molecule has 0 saturated carbocycles. The average molecular weight is 261 g/mol. The highest BCUT2D eigenvalue weighted by atomic mass is 16.5. The van der Waals surface area contributed by atoms with Gasteiger partial charge in [-0.2, -0.15) is 0 Å². The summed E-state index contributed by atoms with van der Waals surface area (Å²) in [5.41, 5.74) is 1.32. The van der Waals surface area contributed by atoms with Crippen molar-refractivity contribution >= 4 is 6.29 Å². The molecule has 0 amide bonds. The molecule has 0 N–H and O–H groups in total. The van der Waals surface area contributed by atoms with Crippen molar-refractivity contribution in [3.63, 3.8) is 0 Å². The van der Waals surface area contributed by atoms with Crippen molar-refractivity contribution in [2.24, 2.45) is 5.92 Å². The molecular weight excluding hydrogens is 238 g/mol. The first-order valence-electron chi connectivity index (χ1n) is 7.18. The van der Waals surface area contributed by atoms with Crippen LogP contribution in [0.5, 0.6) is 0 Å². The lowest BCUT2D eigenvalue weighted by Crippen LogP contribution is -2.38. The molecule has 0 unspecified atom stereocenters. The van der Waals surface area contributed by atoms with E-state index < -0.39 is 0 Å². The second-order valence-electron chi connectivity index (χ2n) is 5.19. The van der Waals surface area contributed by atoms with Crippen molar-refractivity contribution < 1.29 is 9.53 Å². The molecule has 0 spiro atoms. The van der Waals surface area contributed by atoms with E-state index in [4.69, 9.17) is 4.74 Å². The number of benzene rings is 1. The van der Waals surface area contributed by atoms with Gasteiger partial charge in [-0.25, -0.2) is 0 Å². The predicted molar refractivity (Wildman–Crippen MR) is 76.2 cm³/mol. The lowest BCUT2D eigenvalue weighted by molar-refractivity contribution is -0.112. The Morgan fingerprint density at radius 2 is 2.11 bits per heavy atom. The monoisotopic (exact) mass is 261 g/mol. The van der Waals surface area contributed by atoms with Crippen LogP contribution in [0.15, 0.2) is 30.3 Å². The largest absolute Gasteiger partial charge is 0.380 e. The minimum Gasteiger partial charge on any atom is -0.380 e. The molecule has 2 rings (SSSR count). The van der Waals surface area contributed by atoms with Crippen LogP contribution in [-0.2, 0) is 16.0 Å². The van der Waals surface area contributed by atoms with E-state index in [2.05, 4.69) is 29.2 Å². The Labute approximate surface area is 115 Å². The maximum atomic E-state index is 10.8. The van der Waals surface area contributed by atoms with E-state index >= 15 is 0 Å². The van der Waals surface area contributed by atoms with Gasteiger partial charge in [-0.1, -0.05) is 30.3 Å². The van der Waals surface area contributed by atoms with Crippen molar-refractivity contribution in [2.45, 2.75) is 19.3 Å². The highest BCUT2D eigenvalue weighted by Crippen LogP contribution is 2.13. The Morgan fingerprint density at radius 1 is 1.26 bits per heavy atom. The smallest absolute Gasteiger partial charge is 0.124 e. The van der Waals surface area contributed by atoms with Gasteiger partial charge in [0.2, 0.25) is 0 Å². The van der Waals surface area contributed by atoms with Crippen LogP contribution >= 0.6 is 0 Å². The fourth-order valence-electron chi connectivity index (χ4n) is 2.54. The van der Waals surface area contributed by atoms with Crippen LogP contribution in [0.25, 0.3) is 0 Å². The first-order valence-corrected chi connectivity index (χ1v) is 7.18. The van der Waals surface area contributed by atoms with Crippen molar-refractivity contribution in [1.82, 2.24) is 4.90 Å². The lowest BCUT2D eigenvalue weighted by atomic mass is 10.00. The van der Waals surface area contributed by atoms with Crippen molar-refractivity contribution in [2.75, 3.05) is 32.8 Å². The summed E-state index contributed by atoms with van der Waals surface area (Å²) in [5.74, 6) is 0.234. The lowest BCUT2D eigenvalue weighted by Gasteiger charge is -2.29. The molecule has 1 aliphatic rings. The summed E-state index contributed by atoms with van der Waals surface area (Å²) in [6, 6.07) is 10.4. The number of likely N-dealkylation sites (tertiary alicyclic amines) is 1. The number of ether oxygens (including phenoxy) is 1. The third-order valence-electron chi connectivity index (χ3n) is 3.66. The number of hydrogen-bond acceptors (Lipinski definition) is 3. The SMILES string of the molecule is O=C[C@H]1CCCN(CCOCCc2ccccc2)C1. The Kier molecular flexibility index (Phi) is 6.05. The molecule has 19 heavy (non-hydrogen) atoms. The van der Waals surface area contributed by atoms with Gasteiger partial charge in [0.1, 0.15) is 6.29 Å². The van der Waals surface area contributed by atoms with Gasteiger partial charge in [0, 0.05) is 19.0 Å². The average Bonchev–Trinajstić information content (AvgIpc) is 2.48. The van der Waals surface area contributed by atoms with E-state index in [1.54, 1.807) is 0 Å². The quantitative estimate of drug-likeness (QED) is 0.556. The van der Waals surface area contributed by atoms with Gasteiger partial charge >= 0.3 is 0 Å². The van der Waals surface area contributed by atoms with Crippen molar-refractivity contribution in [1.29, 1.82) is 0 Å². The molecule has 3 nitrogen and oxygen atoms in total. The van der Waals surface area contributed by atoms with Gasteiger partial charge in [-0.05, 0) is 31.4 Å². The van der Waals surface area contributed by atoms with Crippen molar-refractivity contribution in [3.8, 4) is 0 Å². The molecule has 1 aliphatic heterocycles. The van der Waals surface area contributed by atoms with Crippen molar-refractivity contribution in [3.05, 3.63) is 35.9 Å². The Morgan fingerprint density at radius 3 is 2.89 bits per heavy atom. The highest BCUT2D eigenvalue weighted by molar-refractivity contribution is 5.53. The Balaban J connectivity index is 1.55. The Hall–Kier alpha value is -1.19. The summed E-state index contributed by atoms with van der Waals surface area (Å²) in [7, 11) is 0. The van der Waals surface area contributed by atoms with Crippen LogP contribution in [0, 0.1) is 5.92 Å². The molecule has 0 radical (unpaired) electrons. The van der Waals surface area contributed by atoms with Crippen LogP contribution in [-0.4, -0.2) is 44.0 Å². The molecule has 3 heteroatoms. The van der Waals surface area contributed by atoms with Crippen LogP contribution in [0.3, 0.4) is 0 Å². The van der Waals surface area contributed by atoms with E-state index in [0.717, 1.165) is 58.4 Å². The number of piperidine rings is 1. The van der Waals surface area contributed by atoms with E-state index in [-0.39, 0.29) is 5.92 Å². The minimum absolute atomic E-state index is 0.234. The third-order valence-corrected chi connectivity index (χ3v) is 3.66. The summed E-state index contributed by atoms with van der Waals surface area (Å²) in [4.78, 5) is 13.1. The zero-order chi connectivity index (χ0) is 13.3. The second-order valence-corrected chi connectivity index (χ2v) is 5.19. The number of carbonyl (C=O) groups excluding carboxylic acids is 1. The van der Waals surface area contributed by atoms with Gasteiger partial charge in [0.05, 0.1) is 13.2 Å². The van der Waals surface area contributed by atoms with Gasteiger partial charge in [-0.3, -0.25) is 0 Å². The van der Waals surface area contributed by atoms with Crippen LogP contribution < -0.4 is 0 Å². The molecule has 1 fully saturated rings. The molecule has 1 saturated heterocycles. The normalized spacial score (nSPS) is 20.3.